The highest BCUT2D eigenvalue weighted by Crippen LogP contribution is 2.42. The van der Waals surface area contributed by atoms with E-state index >= 15 is 0 Å². The quantitative estimate of drug-likeness (QED) is 0.169. The van der Waals surface area contributed by atoms with Gasteiger partial charge in [0.15, 0.2) is 0 Å². The standard InChI is InChI=1S/C50H33NS/c1-2-12-38-32-39(23-22-34(38)10-1)35-24-28-41(29-25-35)51(43-15-7-14-40(33-43)45-18-8-13-36-11-3-4-16-44(36)45)42-30-26-37(27-31-42)46-19-9-21-49-50(46)47-17-5-6-20-48(47)52-49/h1-33H. The number of benzene rings is 9. The van der Waals surface area contributed by atoms with Crippen molar-refractivity contribution in [1.82, 2.24) is 0 Å². The number of hydrogen-bond acceptors (Lipinski definition) is 2. The molecule has 0 aliphatic carbocycles. The number of hydrogen-bond donors (Lipinski definition) is 0. The molecule has 0 N–H and O–H groups in total. The number of fused-ring (bicyclic) bond motifs is 5. The molecule has 1 heterocycles. The first kappa shape index (κ1) is 30.4. The molecule has 0 amide bonds. The van der Waals surface area contributed by atoms with E-state index in [1.807, 2.05) is 11.3 Å². The Hall–Kier alpha value is -6.48. The van der Waals surface area contributed by atoms with Gasteiger partial charge in [-0.2, -0.15) is 0 Å². The summed E-state index contributed by atoms with van der Waals surface area (Å²) in [5.41, 5.74) is 10.7. The zero-order valence-corrected chi connectivity index (χ0v) is 29.2. The summed E-state index contributed by atoms with van der Waals surface area (Å²) in [7, 11) is 0. The molecule has 0 spiro atoms. The lowest BCUT2D eigenvalue weighted by Crippen LogP contribution is -2.10. The van der Waals surface area contributed by atoms with Gasteiger partial charge in [0.2, 0.25) is 0 Å². The highest BCUT2D eigenvalue weighted by Gasteiger charge is 2.16. The highest BCUT2D eigenvalue weighted by atomic mass is 32.1. The van der Waals surface area contributed by atoms with Crippen molar-refractivity contribution in [3.8, 4) is 33.4 Å². The fraction of sp³-hybridized carbons (Fsp3) is 0. The molecule has 0 bridgehead atoms. The van der Waals surface area contributed by atoms with E-state index in [-0.39, 0.29) is 0 Å². The van der Waals surface area contributed by atoms with Crippen molar-refractivity contribution in [1.29, 1.82) is 0 Å². The van der Waals surface area contributed by atoms with Crippen molar-refractivity contribution in [3.63, 3.8) is 0 Å². The molecule has 0 atom stereocenters. The molecule has 244 valence electrons. The molecule has 0 fully saturated rings. The van der Waals surface area contributed by atoms with Crippen molar-refractivity contribution < 1.29 is 0 Å². The second-order valence-corrected chi connectivity index (χ2v) is 14.4. The maximum atomic E-state index is 2.38. The number of rotatable bonds is 6. The van der Waals surface area contributed by atoms with E-state index in [1.165, 1.54) is 75.1 Å². The summed E-state index contributed by atoms with van der Waals surface area (Å²) >= 11 is 1.86. The Morgan fingerprint density at radius 3 is 1.73 bits per heavy atom. The third-order valence-electron chi connectivity index (χ3n) is 10.3. The Balaban J connectivity index is 1.09. The molecule has 1 aromatic heterocycles. The Morgan fingerprint density at radius 2 is 0.904 bits per heavy atom. The van der Waals surface area contributed by atoms with Gasteiger partial charge in [-0.15, -0.1) is 11.3 Å². The van der Waals surface area contributed by atoms with Crippen LogP contribution in [0.4, 0.5) is 17.1 Å². The summed E-state index contributed by atoms with van der Waals surface area (Å²) in [5, 5.41) is 7.66. The fourth-order valence-electron chi connectivity index (χ4n) is 7.71. The molecule has 10 rings (SSSR count). The van der Waals surface area contributed by atoms with E-state index in [2.05, 4.69) is 205 Å². The smallest absolute Gasteiger partial charge is 0.0467 e. The summed E-state index contributed by atoms with van der Waals surface area (Å²) in [5.74, 6) is 0. The van der Waals surface area contributed by atoms with E-state index in [9.17, 15) is 0 Å². The predicted octanol–water partition coefficient (Wildman–Crippen LogP) is 14.8. The zero-order valence-electron chi connectivity index (χ0n) is 28.4. The van der Waals surface area contributed by atoms with Gasteiger partial charge in [-0.1, -0.05) is 146 Å². The normalized spacial score (nSPS) is 11.5. The first-order chi connectivity index (χ1) is 25.8. The van der Waals surface area contributed by atoms with E-state index in [4.69, 9.17) is 0 Å². The third-order valence-corrected chi connectivity index (χ3v) is 11.4. The molecule has 1 nitrogen and oxygen atoms in total. The predicted molar refractivity (Wildman–Crippen MR) is 225 cm³/mol. The van der Waals surface area contributed by atoms with Crippen LogP contribution in [0.3, 0.4) is 0 Å². The van der Waals surface area contributed by atoms with E-state index < -0.39 is 0 Å². The van der Waals surface area contributed by atoms with Crippen molar-refractivity contribution in [2.24, 2.45) is 0 Å². The third kappa shape index (κ3) is 5.33. The minimum atomic E-state index is 1.11. The van der Waals surface area contributed by atoms with Crippen LogP contribution >= 0.6 is 11.3 Å². The second kappa shape index (κ2) is 12.7. The van der Waals surface area contributed by atoms with Gasteiger partial charge in [0.25, 0.3) is 0 Å². The average Bonchev–Trinajstić information content (AvgIpc) is 3.60. The lowest BCUT2D eigenvalue weighted by molar-refractivity contribution is 1.28. The maximum absolute atomic E-state index is 2.38. The highest BCUT2D eigenvalue weighted by molar-refractivity contribution is 7.25. The Bertz CT molecular complexity index is 2890. The SMILES string of the molecule is c1cc(-c2cccc3ccccc23)cc(N(c2ccc(-c3ccc4ccccc4c3)cc2)c2ccc(-c3cccc4sc5ccccc5c34)cc2)c1. The summed E-state index contributed by atoms with van der Waals surface area (Å²) in [4.78, 5) is 2.38. The Kier molecular flexibility index (Phi) is 7.41. The van der Waals surface area contributed by atoms with Gasteiger partial charge >= 0.3 is 0 Å². The molecule has 0 aliphatic heterocycles. The van der Waals surface area contributed by atoms with Gasteiger partial charge in [0.05, 0.1) is 0 Å². The average molecular weight is 680 g/mol. The molecule has 10 aromatic rings. The molecule has 0 saturated carbocycles. The monoisotopic (exact) mass is 679 g/mol. The van der Waals surface area contributed by atoms with E-state index in [0.717, 1.165) is 17.1 Å². The summed E-state index contributed by atoms with van der Waals surface area (Å²) in [6.07, 6.45) is 0. The van der Waals surface area contributed by atoms with Gasteiger partial charge in [0.1, 0.15) is 0 Å². The number of anilines is 3. The topological polar surface area (TPSA) is 3.24 Å². The molecule has 2 heteroatoms. The van der Waals surface area contributed by atoms with Crippen LogP contribution in [0.1, 0.15) is 0 Å². The lowest BCUT2D eigenvalue weighted by Gasteiger charge is -2.26. The number of nitrogens with zero attached hydrogens (tertiary/aromatic N) is 1. The first-order valence-corrected chi connectivity index (χ1v) is 18.6. The van der Waals surface area contributed by atoms with Crippen molar-refractivity contribution in [2.75, 3.05) is 4.90 Å². The molecule has 0 aliphatic rings. The molecule has 0 radical (unpaired) electrons. The fourth-order valence-corrected chi connectivity index (χ4v) is 8.85. The molecule has 52 heavy (non-hydrogen) atoms. The molecule has 9 aromatic carbocycles. The lowest BCUT2D eigenvalue weighted by atomic mass is 9.97. The summed E-state index contributed by atoms with van der Waals surface area (Å²) in [6, 6.07) is 72.9. The minimum absolute atomic E-state index is 1.11. The van der Waals surface area contributed by atoms with Gasteiger partial charge in [0, 0.05) is 37.2 Å². The van der Waals surface area contributed by atoms with Crippen LogP contribution in [-0.2, 0) is 0 Å². The second-order valence-electron chi connectivity index (χ2n) is 13.3. The van der Waals surface area contributed by atoms with Crippen molar-refractivity contribution in [3.05, 3.63) is 200 Å². The van der Waals surface area contributed by atoms with Crippen molar-refractivity contribution >= 4 is 70.1 Å². The van der Waals surface area contributed by atoms with Crippen LogP contribution in [0.25, 0.3) is 75.1 Å². The van der Waals surface area contributed by atoms with Gasteiger partial charge in [-0.3, -0.25) is 0 Å². The molecular formula is C50H33NS. The Morgan fingerprint density at radius 1 is 0.308 bits per heavy atom. The molecular weight excluding hydrogens is 647 g/mol. The first-order valence-electron chi connectivity index (χ1n) is 17.8. The van der Waals surface area contributed by atoms with Gasteiger partial charge in [-0.25, -0.2) is 0 Å². The maximum Gasteiger partial charge on any atom is 0.0467 e. The minimum Gasteiger partial charge on any atom is -0.310 e. The van der Waals surface area contributed by atoms with E-state index in [0.29, 0.717) is 0 Å². The van der Waals surface area contributed by atoms with Crippen molar-refractivity contribution in [2.45, 2.75) is 0 Å². The van der Waals surface area contributed by atoms with Crippen LogP contribution in [-0.4, -0.2) is 0 Å². The van der Waals surface area contributed by atoms with Gasteiger partial charge < -0.3 is 4.90 Å². The Labute approximate surface area is 307 Å². The van der Waals surface area contributed by atoms with E-state index in [1.54, 1.807) is 0 Å². The van der Waals surface area contributed by atoms with Crippen LogP contribution in [0, 0.1) is 0 Å². The summed E-state index contributed by atoms with van der Waals surface area (Å²) in [6.45, 7) is 0. The summed E-state index contributed by atoms with van der Waals surface area (Å²) < 4.78 is 2.65. The van der Waals surface area contributed by atoms with Crippen LogP contribution in [0.15, 0.2) is 200 Å². The van der Waals surface area contributed by atoms with Crippen LogP contribution in [0.2, 0.25) is 0 Å². The van der Waals surface area contributed by atoms with Crippen LogP contribution < -0.4 is 4.90 Å². The van der Waals surface area contributed by atoms with Crippen LogP contribution in [0.5, 0.6) is 0 Å². The molecule has 0 unspecified atom stereocenters. The molecule has 0 saturated heterocycles. The number of thiophene rings is 1. The largest absolute Gasteiger partial charge is 0.310 e. The van der Waals surface area contributed by atoms with Gasteiger partial charge in [-0.05, 0) is 110 Å². The zero-order chi connectivity index (χ0) is 34.4.